The zero-order chi connectivity index (χ0) is 27.3. The van der Waals surface area contributed by atoms with E-state index in [4.69, 9.17) is 47.4 Å². The Bertz CT molecular complexity index is 861. The number of hydrogen-bond acceptors (Lipinski definition) is 11. The first-order chi connectivity index (χ1) is 19.3. The molecule has 220 valence electrons. The quantitative estimate of drug-likeness (QED) is 0.405. The van der Waals surface area contributed by atoms with Crippen LogP contribution in [0.25, 0.3) is 10.9 Å². The number of hydrogen-bond donors (Lipinski definition) is 0. The molecule has 0 saturated carbocycles. The Labute approximate surface area is 230 Å². The van der Waals surface area contributed by atoms with E-state index in [9.17, 15) is 0 Å². The van der Waals surface area contributed by atoms with E-state index < -0.39 is 5.60 Å². The fourth-order valence-corrected chi connectivity index (χ4v) is 3.69. The van der Waals surface area contributed by atoms with Gasteiger partial charge in [0.05, 0.1) is 66.1 Å². The lowest BCUT2D eigenvalue weighted by atomic mass is 10.1. The Balaban J connectivity index is 1.57. The Kier molecular flexibility index (Phi) is 16.2. The molecule has 2 heterocycles. The van der Waals surface area contributed by atoms with Crippen molar-refractivity contribution in [3.63, 3.8) is 0 Å². The van der Waals surface area contributed by atoms with Gasteiger partial charge in [-0.3, -0.25) is 4.98 Å². The third-order valence-corrected chi connectivity index (χ3v) is 5.70. The summed E-state index contributed by atoms with van der Waals surface area (Å²) in [6.45, 7) is 6.92. The summed E-state index contributed by atoms with van der Waals surface area (Å²) in [5.74, 6) is 0.712. The molecular weight excluding hydrogens is 510 g/mol. The summed E-state index contributed by atoms with van der Waals surface area (Å²) < 4.78 is 57.1. The van der Waals surface area contributed by atoms with Crippen LogP contribution < -0.4 is 4.74 Å². The van der Waals surface area contributed by atoms with Crippen LogP contribution in [0, 0.1) is 0 Å². The van der Waals surface area contributed by atoms with Crippen LogP contribution in [0.15, 0.2) is 36.5 Å². The van der Waals surface area contributed by atoms with Gasteiger partial charge in [0.25, 0.3) is 0 Å². The largest absolute Gasteiger partial charge is 0.489 e. The number of ether oxygens (including phenoxy) is 10. The average Bonchev–Trinajstić information content (AvgIpc) is 2.96. The highest BCUT2D eigenvalue weighted by atomic mass is 16.8. The van der Waals surface area contributed by atoms with Crippen LogP contribution >= 0.6 is 0 Å². The van der Waals surface area contributed by atoms with E-state index in [-0.39, 0.29) is 33.6 Å². The molecule has 39 heavy (non-hydrogen) atoms. The highest BCUT2D eigenvalue weighted by molar-refractivity contribution is 5.84. The second-order valence-electron chi connectivity index (χ2n) is 8.91. The fraction of sp³-hybridized carbons (Fsp3) is 0.679. The monoisotopic (exact) mass is 553 g/mol. The van der Waals surface area contributed by atoms with E-state index in [1.165, 1.54) is 0 Å². The van der Waals surface area contributed by atoms with Crippen molar-refractivity contribution in [3.05, 3.63) is 36.5 Å². The first kappa shape index (κ1) is 31.6. The number of benzene rings is 1. The maximum Gasteiger partial charge on any atom is 0.152 e. The molecule has 0 spiro atoms. The highest BCUT2D eigenvalue weighted by Crippen LogP contribution is 2.23. The Hall–Kier alpha value is -1.93. The maximum atomic E-state index is 6.38. The minimum Gasteiger partial charge on any atom is -0.489 e. The van der Waals surface area contributed by atoms with Crippen molar-refractivity contribution in [1.29, 1.82) is 0 Å². The van der Waals surface area contributed by atoms with Crippen molar-refractivity contribution in [1.82, 2.24) is 4.98 Å². The lowest BCUT2D eigenvalue weighted by Gasteiger charge is -2.33. The summed E-state index contributed by atoms with van der Waals surface area (Å²) in [4.78, 5) is 4.45. The van der Waals surface area contributed by atoms with Crippen molar-refractivity contribution in [2.75, 3.05) is 99.7 Å². The lowest BCUT2D eigenvalue weighted by Crippen LogP contribution is -2.48. The van der Waals surface area contributed by atoms with Gasteiger partial charge in [-0.15, -0.1) is 0 Å². The molecule has 0 radical (unpaired) electrons. The first-order valence-corrected chi connectivity index (χ1v) is 13.6. The second-order valence-corrected chi connectivity index (χ2v) is 8.91. The average molecular weight is 554 g/mol. The van der Waals surface area contributed by atoms with Crippen LogP contribution in [-0.2, 0) is 42.6 Å². The molecule has 11 nitrogen and oxygen atoms in total. The normalized spacial score (nSPS) is 21.6. The predicted molar refractivity (Wildman–Crippen MR) is 143 cm³/mol. The molecule has 1 aliphatic heterocycles. The van der Waals surface area contributed by atoms with Gasteiger partial charge in [0.2, 0.25) is 0 Å². The summed E-state index contributed by atoms with van der Waals surface area (Å²) in [6.07, 6.45) is 3.76. The van der Waals surface area contributed by atoms with Crippen molar-refractivity contribution in [2.24, 2.45) is 0 Å². The minimum absolute atomic E-state index is 0.0819. The van der Waals surface area contributed by atoms with Gasteiger partial charge in [0.15, 0.2) is 6.79 Å². The van der Waals surface area contributed by atoms with Crippen LogP contribution in [-0.4, -0.2) is 110 Å². The molecule has 3 rings (SSSR count). The van der Waals surface area contributed by atoms with Crippen molar-refractivity contribution in [2.45, 2.75) is 25.4 Å². The van der Waals surface area contributed by atoms with E-state index in [1.807, 2.05) is 30.3 Å². The van der Waals surface area contributed by atoms with E-state index >= 15 is 0 Å². The van der Waals surface area contributed by atoms with Crippen LogP contribution in [0.1, 0.15) is 19.8 Å². The third kappa shape index (κ3) is 12.9. The Morgan fingerprint density at radius 2 is 1.41 bits per heavy atom. The number of fused-ring (bicyclic) bond motifs is 1. The van der Waals surface area contributed by atoms with Crippen molar-refractivity contribution < 1.29 is 47.4 Å². The van der Waals surface area contributed by atoms with E-state index in [2.05, 4.69) is 11.9 Å². The number of para-hydroxylation sites is 1. The molecule has 1 unspecified atom stereocenters. The third-order valence-electron chi connectivity index (χ3n) is 5.70. The summed E-state index contributed by atoms with van der Waals surface area (Å²) >= 11 is 0. The molecule has 1 aromatic carbocycles. The van der Waals surface area contributed by atoms with Crippen molar-refractivity contribution >= 4 is 10.9 Å². The Morgan fingerprint density at radius 3 is 2.15 bits per heavy atom. The molecule has 2 aromatic rings. The molecule has 0 bridgehead atoms. The van der Waals surface area contributed by atoms with Crippen molar-refractivity contribution in [3.8, 4) is 5.75 Å². The number of rotatable bonds is 10. The summed E-state index contributed by atoms with van der Waals surface area (Å²) in [5.41, 5.74) is -0.0121. The topological polar surface area (TPSA) is 105 Å². The smallest absolute Gasteiger partial charge is 0.152 e. The second kappa shape index (κ2) is 20.0. The van der Waals surface area contributed by atoms with E-state index in [0.717, 1.165) is 23.7 Å². The lowest BCUT2D eigenvalue weighted by molar-refractivity contribution is -0.182. The van der Waals surface area contributed by atoms with Gasteiger partial charge >= 0.3 is 0 Å². The summed E-state index contributed by atoms with van der Waals surface area (Å²) in [5, 5.41) is 1.02. The fourth-order valence-electron chi connectivity index (χ4n) is 3.69. The molecule has 0 amide bonds. The van der Waals surface area contributed by atoms with Gasteiger partial charge < -0.3 is 47.4 Å². The van der Waals surface area contributed by atoms with E-state index in [1.54, 1.807) is 6.20 Å². The molecule has 1 atom stereocenters. The minimum atomic E-state index is -0.829. The SMILES string of the molecule is CCCCOCC1(OCCOc2cccc3cccnc23)COCCOCCOCOCOCOCCOC1. The summed E-state index contributed by atoms with van der Waals surface area (Å²) in [7, 11) is 0. The highest BCUT2D eigenvalue weighted by Gasteiger charge is 2.33. The van der Waals surface area contributed by atoms with Crippen LogP contribution in [0.5, 0.6) is 5.75 Å². The molecule has 0 N–H and O–H groups in total. The standard InChI is InChI=1S/C28H43NO10/c1-2-3-10-31-19-28(39-18-17-38-26-8-4-6-25-7-5-9-29-27(25)26)20-32-13-11-30-12-15-34-22-36-24-37-23-35-16-14-33-21-28/h4-9H,2-3,10-24H2,1H3. The molecule has 1 fully saturated rings. The van der Waals surface area contributed by atoms with E-state index in [0.29, 0.717) is 71.8 Å². The molecule has 1 aliphatic rings. The number of nitrogens with zero attached hydrogens (tertiary/aromatic N) is 1. The molecule has 11 heteroatoms. The zero-order valence-electron chi connectivity index (χ0n) is 23.0. The van der Waals surface area contributed by atoms with Crippen LogP contribution in [0.2, 0.25) is 0 Å². The first-order valence-electron chi connectivity index (χ1n) is 13.6. The van der Waals surface area contributed by atoms with Gasteiger partial charge in [-0.05, 0) is 18.6 Å². The number of unbranched alkanes of at least 4 members (excludes halogenated alkanes) is 1. The molecule has 1 saturated heterocycles. The molecule has 0 aliphatic carbocycles. The molecular formula is C28H43NO10. The van der Waals surface area contributed by atoms with Gasteiger partial charge in [-0.1, -0.05) is 31.5 Å². The van der Waals surface area contributed by atoms with Crippen LogP contribution in [0.4, 0.5) is 0 Å². The van der Waals surface area contributed by atoms with Crippen LogP contribution in [0.3, 0.4) is 0 Å². The van der Waals surface area contributed by atoms with Gasteiger partial charge in [0, 0.05) is 18.2 Å². The zero-order valence-corrected chi connectivity index (χ0v) is 23.0. The van der Waals surface area contributed by atoms with Gasteiger partial charge in [0.1, 0.15) is 37.1 Å². The predicted octanol–water partition coefficient (Wildman–Crippen LogP) is 3.19. The summed E-state index contributed by atoms with van der Waals surface area (Å²) in [6, 6.07) is 9.78. The number of pyridine rings is 1. The number of aromatic nitrogens is 1. The maximum absolute atomic E-state index is 6.38. The van der Waals surface area contributed by atoms with Gasteiger partial charge in [-0.2, -0.15) is 0 Å². The van der Waals surface area contributed by atoms with Gasteiger partial charge in [-0.25, -0.2) is 0 Å². The molecule has 1 aromatic heterocycles. The Morgan fingerprint density at radius 1 is 0.744 bits per heavy atom.